The van der Waals surface area contributed by atoms with Crippen LogP contribution in [0, 0.1) is 0 Å². The molecule has 10 heteroatoms. The van der Waals surface area contributed by atoms with Crippen LogP contribution in [0.15, 0.2) is 60.8 Å². The summed E-state index contributed by atoms with van der Waals surface area (Å²) in [5.74, 6) is -0.903. The molecule has 0 aliphatic heterocycles. The highest BCUT2D eigenvalue weighted by Gasteiger charge is 2.25. The molecule has 0 saturated carbocycles. The zero-order valence-corrected chi connectivity index (χ0v) is 31.5. The number of phosphoric acid groups is 1. The minimum atomic E-state index is -4.39. The summed E-state index contributed by atoms with van der Waals surface area (Å²) in [5, 5.41) is 0. The second kappa shape index (κ2) is 35.5. The van der Waals surface area contributed by atoms with E-state index >= 15 is 0 Å². The fourth-order valence-corrected chi connectivity index (χ4v) is 5.43. The second-order valence-corrected chi connectivity index (χ2v) is 13.5. The molecule has 0 rings (SSSR count). The molecule has 0 heterocycles. The Kier molecular flexibility index (Phi) is 33.9. The summed E-state index contributed by atoms with van der Waals surface area (Å²) in [7, 11) is -4.39. The Balaban J connectivity index is 4.35. The number of rotatable bonds is 34. The van der Waals surface area contributed by atoms with E-state index in [2.05, 4.69) is 68.5 Å². The average Bonchev–Trinajstić information content (AvgIpc) is 3.08. The molecule has 0 aromatic heterocycles. The van der Waals surface area contributed by atoms with Gasteiger partial charge in [0.2, 0.25) is 0 Å². The van der Waals surface area contributed by atoms with Crippen molar-refractivity contribution in [1.82, 2.24) is 0 Å². The van der Waals surface area contributed by atoms with Gasteiger partial charge >= 0.3 is 19.8 Å². The van der Waals surface area contributed by atoms with Crippen molar-refractivity contribution in [3.8, 4) is 0 Å². The number of unbranched alkanes of at least 4 members (excludes halogenated alkanes) is 11. The zero-order chi connectivity index (χ0) is 36.1. The van der Waals surface area contributed by atoms with Crippen LogP contribution in [0.25, 0.3) is 0 Å². The molecule has 49 heavy (non-hydrogen) atoms. The number of ether oxygens (including phenoxy) is 2. The van der Waals surface area contributed by atoms with Crippen molar-refractivity contribution in [2.75, 3.05) is 26.4 Å². The van der Waals surface area contributed by atoms with Gasteiger partial charge < -0.3 is 20.1 Å². The quantitative estimate of drug-likeness (QED) is 0.0290. The Morgan fingerprint density at radius 3 is 1.65 bits per heavy atom. The van der Waals surface area contributed by atoms with E-state index in [0.717, 1.165) is 51.4 Å². The molecule has 0 aliphatic carbocycles. The van der Waals surface area contributed by atoms with Gasteiger partial charge in [0, 0.05) is 19.4 Å². The lowest BCUT2D eigenvalue weighted by Crippen LogP contribution is -2.29. The third-order valence-corrected chi connectivity index (χ3v) is 8.40. The van der Waals surface area contributed by atoms with Gasteiger partial charge in [0.15, 0.2) is 6.10 Å². The van der Waals surface area contributed by atoms with E-state index in [1.807, 2.05) is 6.08 Å². The van der Waals surface area contributed by atoms with Gasteiger partial charge in [0.05, 0.1) is 13.2 Å². The summed E-state index contributed by atoms with van der Waals surface area (Å²) < 4.78 is 32.5. The van der Waals surface area contributed by atoms with Gasteiger partial charge in [-0.2, -0.15) is 0 Å². The summed E-state index contributed by atoms with van der Waals surface area (Å²) in [4.78, 5) is 34.6. The molecule has 1 unspecified atom stereocenters. The number of carbonyl (C=O) groups is 2. The molecule has 0 bridgehead atoms. The van der Waals surface area contributed by atoms with Gasteiger partial charge in [-0.3, -0.25) is 18.6 Å². The van der Waals surface area contributed by atoms with Crippen molar-refractivity contribution >= 4 is 19.8 Å². The highest BCUT2D eigenvalue weighted by Crippen LogP contribution is 2.43. The van der Waals surface area contributed by atoms with Crippen LogP contribution in [0.2, 0.25) is 0 Å². The first-order valence-electron chi connectivity index (χ1n) is 18.8. The van der Waals surface area contributed by atoms with Gasteiger partial charge in [0.1, 0.15) is 6.61 Å². The predicted molar refractivity (Wildman–Crippen MR) is 201 cm³/mol. The van der Waals surface area contributed by atoms with Gasteiger partial charge in [-0.1, -0.05) is 139 Å². The first-order chi connectivity index (χ1) is 23.8. The Hall–Kier alpha value is -2.29. The highest BCUT2D eigenvalue weighted by atomic mass is 31.2. The smallest absolute Gasteiger partial charge is 0.462 e. The third-order valence-electron chi connectivity index (χ3n) is 7.42. The van der Waals surface area contributed by atoms with Crippen LogP contribution in [-0.4, -0.2) is 49.3 Å². The number of allylic oxidation sites excluding steroid dienone is 10. The molecular weight excluding hydrogens is 641 g/mol. The van der Waals surface area contributed by atoms with E-state index in [1.165, 1.54) is 51.4 Å². The number of hydrogen-bond donors (Lipinski definition) is 2. The second-order valence-electron chi connectivity index (χ2n) is 12.1. The molecule has 282 valence electrons. The molecule has 0 amide bonds. The minimum absolute atomic E-state index is 0.0425. The van der Waals surface area contributed by atoms with Crippen molar-refractivity contribution in [2.24, 2.45) is 5.73 Å². The number of esters is 2. The lowest BCUT2D eigenvalue weighted by molar-refractivity contribution is -0.161. The molecule has 9 nitrogen and oxygen atoms in total. The van der Waals surface area contributed by atoms with Crippen molar-refractivity contribution in [3.63, 3.8) is 0 Å². The topological polar surface area (TPSA) is 134 Å². The Morgan fingerprint density at radius 2 is 1.12 bits per heavy atom. The monoisotopic (exact) mass is 709 g/mol. The standard InChI is InChI=1S/C39H68NO8P/c1-3-5-7-9-11-13-15-16-17-18-19-20-22-24-26-28-30-32-39(42)48-37(36-47-49(43,44)46-34-33-40)35-45-38(41)31-29-27-25-23-21-14-12-10-8-6-4-2/h5,7,11,13,16-17,19-20,24,26,37H,3-4,6,8-10,12,14-15,18,21-23,25,27-36,40H2,1-2H3,(H,43,44)/t37-/m1/s1. The lowest BCUT2D eigenvalue weighted by atomic mass is 10.1. The molecule has 0 aromatic rings. The fourth-order valence-electron chi connectivity index (χ4n) is 4.67. The van der Waals surface area contributed by atoms with E-state index < -0.39 is 32.5 Å². The van der Waals surface area contributed by atoms with E-state index in [-0.39, 0.29) is 32.6 Å². The molecular formula is C39H68NO8P. The number of nitrogens with two attached hydrogens (primary N) is 1. The highest BCUT2D eigenvalue weighted by molar-refractivity contribution is 7.47. The van der Waals surface area contributed by atoms with E-state index in [1.54, 1.807) is 0 Å². The van der Waals surface area contributed by atoms with Crippen molar-refractivity contribution in [3.05, 3.63) is 60.8 Å². The first kappa shape index (κ1) is 46.7. The summed E-state index contributed by atoms with van der Waals surface area (Å²) in [6, 6.07) is 0. The van der Waals surface area contributed by atoms with Crippen LogP contribution >= 0.6 is 7.82 Å². The molecule has 3 N–H and O–H groups in total. The van der Waals surface area contributed by atoms with E-state index in [9.17, 15) is 19.0 Å². The van der Waals surface area contributed by atoms with Crippen LogP contribution in [0.4, 0.5) is 0 Å². The number of phosphoric ester groups is 1. The van der Waals surface area contributed by atoms with Gasteiger partial charge in [-0.15, -0.1) is 0 Å². The SMILES string of the molecule is CCC=CCC=CCC=CCC=CCC=CCCCC(=O)O[C@H](COC(=O)CCCCCCCCCCCCC)COP(=O)(O)OCCN. The van der Waals surface area contributed by atoms with Gasteiger partial charge in [0.25, 0.3) is 0 Å². The summed E-state index contributed by atoms with van der Waals surface area (Å²) in [6.07, 6.45) is 39.7. The Labute approximate surface area is 298 Å². The van der Waals surface area contributed by atoms with Crippen LogP contribution in [0.3, 0.4) is 0 Å². The fraction of sp³-hybridized carbons (Fsp3) is 0.692. The van der Waals surface area contributed by atoms with Crippen molar-refractivity contribution in [1.29, 1.82) is 0 Å². The molecule has 0 saturated heterocycles. The van der Waals surface area contributed by atoms with E-state index in [0.29, 0.717) is 12.8 Å². The Bertz CT molecular complexity index is 992. The van der Waals surface area contributed by atoms with Crippen LogP contribution in [0.5, 0.6) is 0 Å². The van der Waals surface area contributed by atoms with Gasteiger partial charge in [-0.05, 0) is 51.4 Å². The third kappa shape index (κ3) is 35.3. The van der Waals surface area contributed by atoms with Crippen molar-refractivity contribution < 1.29 is 37.6 Å². The predicted octanol–water partition coefficient (Wildman–Crippen LogP) is 10.2. The normalized spacial score (nSPS) is 14.1. The molecule has 0 radical (unpaired) electrons. The van der Waals surface area contributed by atoms with Crippen LogP contribution in [0.1, 0.15) is 142 Å². The molecule has 0 spiro atoms. The van der Waals surface area contributed by atoms with Crippen LogP contribution in [-0.2, 0) is 32.7 Å². The molecule has 0 aliphatic rings. The number of carbonyl (C=O) groups excluding carboxylic acids is 2. The summed E-state index contributed by atoms with van der Waals surface area (Å²) >= 11 is 0. The molecule has 0 fully saturated rings. The average molecular weight is 710 g/mol. The maximum atomic E-state index is 12.5. The maximum absolute atomic E-state index is 12.5. The summed E-state index contributed by atoms with van der Waals surface area (Å²) in [5.41, 5.74) is 5.32. The summed E-state index contributed by atoms with van der Waals surface area (Å²) in [6.45, 7) is 3.52. The largest absolute Gasteiger partial charge is 0.472 e. The zero-order valence-electron chi connectivity index (χ0n) is 30.7. The van der Waals surface area contributed by atoms with E-state index in [4.69, 9.17) is 24.3 Å². The minimum Gasteiger partial charge on any atom is -0.462 e. The lowest BCUT2D eigenvalue weighted by Gasteiger charge is -2.19. The molecule has 2 atom stereocenters. The van der Waals surface area contributed by atoms with Gasteiger partial charge in [-0.25, -0.2) is 4.57 Å². The van der Waals surface area contributed by atoms with Crippen molar-refractivity contribution in [2.45, 2.75) is 148 Å². The number of hydrogen-bond acceptors (Lipinski definition) is 8. The molecule has 0 aromatic carbocycles. The van der Waals surface area contributed by atoms with Crippen LogP contribution < -0.4 is 5.73 Å². The first-order valence-corrected chi connectivity index (χ1v) is 20.3. The maximum Gasteiger partial charge on any atom is 0.472 e. The Morgan fingerprint density at radius 1 is 0.633 bits per heavy atom.